The smallest absolute Gasteiger partial charge is 0.0622 e. The van der Waals surface area contributed by atoms with Crippen LogP contribution in [0.1, 0.15) is 143 Å². The van der Waals surface area contributed by atoms with Gasteiger partial charge in [-0.25, -0.2) is 0 Å². The van der Waals surface area contributed by atoms with Crippen molar-refractivity contribution in [1.82, 2.24) is 0 Å². The third-order valence-corrected chi connectivity index (χ3v) is 21.5. The summed E-state index contributed by atoms with van der Waals surface area (Å²) in [4.78, 5) is 0. The normalized spacial score (nSPS) is 15.9. The third-order valence-electron chi connectivity index (χ3n) is 21.5. The van der Waals surface area contributed by atoms with E-state index < -0.39 is 5.41 Å². The van der Waals surface area contributed by atoms with Crippen LogP contribution in [0.5, 0.6) is 0 Å². The summed E-state index contributed by atoms with van der Waals surface area (Å²) in [5.74, 6) is 0.719. The molecule has 12 aromatic rings. The second-order valence-electron chi connectivity index (χ2n) is 26.7. The zero-order valence-electron chi connectivity index (χ0n) is 50.8. The van der Waals surface area contributed by atoms with E-state index in [0.29, 0.717) is 0 Å². The molecule has 16 rings (SSSR count). The van der Waals surface area contributed by atoms with Gasteiger partial charge in [0.05, 0.1) is 5.41 Å². The Kier molecular flexibility index (Phi) is 12.5. The first kappa shape index (κ1) is 53.1. The Labute approximate surface area is 515 Å². The van der Waals surface area contributed by atoms with Gasteiger partial charge in [0.25, 0.3) is 0 Å². The minimum Gasteiger partial charge on any atom is -0.0622 e. The topological polar surface area (TPSA) is 0 Å². The highest BCUT2D eigenvalue weighted by Crippen LogP contribution is 2.64. The van der Waals surface area contributed by atoms with Crippen molar-refractivity contribution in [1.29, 1.82) is 0 Å². The van der Waals surface area contributed by atoms with Gasteiger partial charge in [0.2, 0.25) is 0 Å². The van der Waals surface area contributed by atoms with Gasteiger partial charge in [-0.2, -0.15) is 0 Å². The van der Waals surface area contributed by atoms with E-state index in [9.17, 15) is 0 Å². The van der Waals surface area contributed by atoms with Crippen molar-refractivity contribution in [3.63, 3.8) is 0 Å². The van der Waals surface area contributed by atoms with Crippen LogP contribution in [0.3, 0.4) is 0 Å². The van der Waals surface area contributed by atoms with Gasteiger partial charge >= 0.3 is 0 Å². The minimum atomic E-state index is -0.464. The Balaban J connectivity index is 0.860. The van der Waals surface area contributed by atoms with E-state index in [2.05, 4.69) is 321 Å². The van der Waals surface area contributed by atoms with Gasteiger partial charge in [-0.15, -0.1) is 0 Å². The van der Waals surface area contributed by atoms with Gasteiger partial charge in [-0.3, -0.25) is 0 Å². The van der Waals surface area contributed by atoms with Gasteiger partial charge in [0.15, 0.2) is 0 Å². The lowest BCUT2D eigenvalue weighted by atomic mass is 9.70. The van der Waals surface area contributed by atoms with Gasteiger partial charge in [-0.05, 0) is 181 Å². The maximum atomic E-state index is 2.64. The molecule has 0 bridgehead atoms. The molecule has 0 fully saturated rings. The monoisotopic (exact) mass is 1120 g/mol. The quantitative estimate of drug-likeness (QED) is 0.114. The van der Waals surface area contributed by atoms with E-state index in [1.807, 2.05) is 0 Å². The summed E-state index contributed by atoms with van der Waals surface area (Å²) in [6, 6.07) is 107. The molecule has 0 amide bonds. The van der Waals surface area contributed by atoms with Crippen molar-refractivity contribution in [3.8, 4) is 66.8 Å². The lowest BCUT2D eigenvalue weighted by molar-refractivity contribution is 0.569. The summed E-state index contributed by atoms with van der Waals surface area (Å²) >= 11 is 0. The van der Waals surface area contributed by atoms with Gasteiger partial charge in [0, 0.05) is 10.8 Å². The van der Waals surface area contributed by atoms with E-state index in [0.717, 1.165) is 12.8 Å². The van der Waals surface area contributed by atoms with Gasteiger partial charge in [0.1, 0.15) is 0 Å². The standard InChI is InChI=1S/C87H72/c1-55(73(52-62-29-13-14-30-64(62)58-25-9-7-10-26-58)63-43-46-72-68-34-18-22-38-78(68)86(5,6)84(72)54-63)60-44-48-82-76(51-60)75-50-57(41-47-81(75)87(82)79-39-23-19-35-69(79)70-36-20-24-40-80(70)87)49-74(66-32-16-15-31-65(66)59-27-11-8-12-28-59)56(2)61-42-45-71-67-33-17-21-37-77(67)85(3,4)83(71)53-61/h7-48,50-51,53-56,73-74H,49,52H2,1-6H3. The molecule has 0 nitrogen and oxygen atoms in total. The fourth-order valence-corrected chi connectivity index (χ4v) is 17.0. The molecule has 1 spiro atoms. The Morgan fingerprint density at radius 1 is 0.264 bits per heavy atom. The number of hydrogen-bond donors (Lipinski definition) is 0. The van der Waals surface area contributed by atoms with Crippen LogP contribution in [0, 0.1) is 0 Å². The lowest BCUT2D eigenvalue weighted by Gasteiger charge is -2.31. The maximum absolute atomic E-state index is 2.64. The predicted molar refractivity (Wildman–Crippen MR) is 364 cm³/mol. The van der Waals surface area contributed by atoms with Gasteiger partial charge in [-0.1, -0.05) is 321 Å². The SMILES string of the molecule is CC(c1ccc2c(c1)-c1cc(CC(c3ccccc3-c3ccccc3)C(C)c3ccc4c(c3)C(C)(C)c3ccccc3-4)ccc1C21c2ccccc2-c2ccccc21)C(Cc1ccccc1-c1ccccc1)c1ccc2c(c1)C(C)(C)c1ccccc1-2. The van der Waals surface area contributed by atoms with Crippen molar-refractivity contribution in [3.05, 3.63) is 357 Å². The van der Waals surface area contributed by atoms with Crippen LogP contribution in [0.4, 0.5) is 0 Å². The molecule has 87 heavy (non-hydrogen) atoms. The second kappa shape index (κ2) is 20.4. The number of fused-ring (bicyclic) bond motifs is 16. The molecule has 0 radical (unpaired) electrons. The molecule has 4 aliphatic rings. The van der Waals surface area contributed by atoms with E-state index in [4.69, 9.17) is 0 Å². The van der Waals surface area contributed by atoms with Crippen LogP contribution in [0.25, 0.3) is 66.8 Å². The molecular weight excluding hydrogens is 1040 g/mol. The first-order valence-corrected chi connectivity index (χ1v) is 31.7. The molecule has 0 saturated heterocycles. The van der Waals surface area contributed by atoms with Crippen LogP contribution >= 0.6 is 0 Å². The summed E-state index contributed by atoms with van der Waals surface area (Å²) in [6.07, 6.45) is 1.78. The summed E-state index contributed by atoms with van der Waals surface area (Å²) in [6.45, 7) is 14.7. The lowest BCUT2D eigenvalue weighted by Crippen LogP contribution is -2.26. The Morgan fingerprint density at radius 3 is 1.25 bits per heavy atom. The van der Waals surface area contributed by atoms with E-state index in [1.54, 1.807) is 0 Å². The molecule has 0 saturated carbocycles. The highest BCUT2D eigenvalue weighted by molar-refractivity contribution is 5.95. The largest absolute Gasteiger partial charge is 0.0725 e. The highest BCUT2D eigenvalue weighted by atomic mass is 14.5. The van der Waals surface area contributed by atoms with Crippen molar-refractivity contribution in [2.45, 2.75) is 94.3 Å². The van der Waals surface area contributed by atoms with Crippen LogP contribution in [-0.4, -0.2) is 0 Å². The average molecular weight is 1120 g/mol. The van der Waals surface area contributed by atoms with Crippen molar-refractivity contribution >= 4 is 0 Å². The van der Waals surface area contributed by atoms with Crippen molar-refractivity contribution in [2.24, 2.45) is 0 Å². The second-order valence-corrected chi connectivity index (χ2v) is 26.7. The number of hydrogen-bond acceptors (Lipinski definition) is 0. The van der Waals surface area contributed by atoms with Crippen molar-refractivity contribution < 1.29 is 0 Å². The molecule has 0 heterocycles. The van der Waals surface area contributed by atoms with Crippen LogP contribution in [0.2, 0.25) is 0 Å². The maximum Gasteiger partial charge on any atom is 0.0725 e. The summed E-state index contributed by atoms with van der Waals surface area (Å²) in [5.41, 5.74) is 34.8. The molecular formula is C87H72. The molecule has 4 atom stereocenters. The molecule has 4 aliphatic carbocycles. The number of benzene rings is 12. The first-order chi connectivity index (χ1) is 42.5. The van der Waals surface area contributed by atoms with E-state index >= 15 is 0 Å². The summed E-state index contributed by atoms with van der Waals surface area (Å²) in [7, 11) is 0. The molecule has 420 valence electrons. The van der Waals surface area contributed by atoms with Crippen LogP contribution in [0.15, 0.2) is 279 Å². The fourth-order valence-electron chi connectivity index (χ4n) is 17.0. The molecule has 0 heteroatoms. The van der Waals surface area contributed by atoms with E-state index in [1.165, 1.54) is 145 Å². The Bertz CT molecular complexity index is 4640. The highest BCUT2D eigenvalue weighted by Gasteiger charge is 2.52. The summed E-state index contributed by atoms with van der Waals surface area (Å²) in [5, 5.41) is 0. The molecule has 12 aromatic carbocycles. The summed E-state index contributed by atoms with van der Waals surface area (Å²) < 4.78 is 0. The molecule has 0 aliphatic heterocycles. The molecule has 0 N–H and O–H groups in total. The zero-order valence-corrected chi connectivity index (χ0v) is 50.8. The van der Waals surface area contributed by atoms with Crippen molar-refractivity contribution in [2.75, 3.05) is 0 Å². The number of rotatable bonds is 12. The van der Waals surface area contributed by atoms with Crippen LogP contribution in [-0.2, 0) is 29.1 Å². The molecule has 4 unspecified atom stereocenters. The third kappa shape index (κ3) is 8.17. The zero-order chi connectivity index (χ0) is 58.8. The Morgan fingerprint density at radius 2 is 0.655 bits per heavy atom. The van der Waals surface area contributed by atoms with Crippen LogP contribution < -0.4 is 0 Å². The Hall–Kier alpha value is -9.36. The average Bonchev–Trinajstić information content (AvgIpc) is 1.56. The minimum absolute atomic E-state index is 0.0897. The fraction of sp³-hybridized carbons (Fsp3) is 0.172. The van der Waals surface area contributed by atoms with Gasteiger partial charge < -0.3 is 0 Å². The first-order valence-electron chi connectivity index (χ1n) is 31.7. The predicted octanol–water partition coefficient (Wildman–Crippen LogP) is 22.2. The molecule has 0 aromatic heterocycles. The van der Waals surface area contributed by atoms with E-state index in [-0.39, 0.29) is 34.5 Å².